The quantitative estimate of drug-likeness (QED) is 0.616. The van der Waals surface area contributed by atoms with Crippen molar-refractivity contribution in [1.29, 1.82) is 0 Å². The van der Waals surface area contributed by atoms with Gasteiger partial charge in [-0.15, -0.1) is 0 Å². The first kappa shape index (κ1) is 20.0. The summed E-state index contributed by atoms with van der Waals surface area (Å²) in [6, 6.07) is 4.60. The molecule has 1 heterocycles. The van der Waals surface area contributed by atoms with Crippen LogP contribution in [0.3, 0.4) is 0 Å². The summed E-state index contributed by atoms with van der Waals surface area (Å²) in [6.07, 6.45) is 2.71. The Morgan fingerprint density at radius 2 is 1.88 bits per heavy atom. The maximum atomic E-state index is 12.5. The zero-order chi connectivity index (χ0) is 19.0. The average molecular weight is 368 g/mol. The molecule has 7 heteroatoms. The lowest BCUT2D eigenvalue weighted by Gasteiger charge is -2.20. The molecule has 0 spiro atoms. The van der Waals surface area contributed by atoms with Gasteiger partial charge in [0.2, 0.25) is 11.8 Å². The molecule has 0 radical (unpaired) electrons. The second-order valence-corrected chi connectivity index (χ2v) is 6.29. The van der Waals surface area contributed by atoms with Crippen molar-refractivity contribution < 1.29 is 22.8 Å². The Labute approximate surface area is 151 Å². The highest BCUT2D eigenvalue weighted by molar-refractivity contribution is 5.91. The molecule has 0 aromatic heterocycles. The van der Waals surface area contributed by atoms with E-state index < -0.39 is 11.7 Å². The Kier molecular flexibility index (Phi) is 7.24. The summed E-state index contributed by atoms with van der Waals surface area (Å²) in [7, 11) is 0. The molecule has 1 aliphatic rings. The van der Waals surface area contributed by atoms with E-state index in [-0.39, 0.29) is 11.8 Å². The zero-order valence-electron chi connectivity index (χ0n) is 14.5. The van der Waals surface area contributed by atoms with Gasteiger partial charge < -0.3 is 10.2 Å². The summed E-state index contributed by atoms with van der Waals surface area (Å²) >= 11 is 0. The van der Waals surface area contributed by atoms with Crippen molar-refractivity contribution in [3.8, 4) is 0 Å². The van der Waals surface area contributed by atoms with Crippen LogP contribution in [0.15, 0.2) is 30.3 Å². The number of benzene rings is 1. The van der Waals surface area contributed by atoms with Crippen molar-refractivity contribution in [1.82, 2.24) is 10.2 Å². The summed E-state index contributed by atoms with van der Waals surface area (Å²) in [4.78, 5) is 25.4. The first-order valence-corrected chi connectivity index (χ1v) is 8.77. The van der Waals surface area contributed by atoms with E-state index in [0.717, 1.165) is 37.9 Å². The molecule has 4 nitrogen and oxygen atoms in total. The largest absolute Gasteiger partial charge is 0.416 e. The van der Waals surface area contributed by atoms with Crippen LogP contribution in [0.1, 0.15) is 43.2 Å². The van der Waals surface area contributed by atoms with Gasteiger partial charge >= 0.3 is 6.18 Å². The van der Waals surface area contributed by atoms with E-state index in [0.29, 0.717) is 31.5 Å². The van der Waals surface area contributed by atoms with Gasteiger partial charge in [0.1, 0.15) is 0 Å². The molecule has 0 saturated carbocycles. The number of carbonyl (C=O) groups excluding carboxylic acids is 2. The van der Waals surface area contributed by atoms with Crippen LogP contribution in [-0.2, 0) is 15.8 Å². The van der Waals surface area contributed by atoms with E-state index in [1.165, 1.54) is 24.3 Å². The van der Waals surface area contributed by atoms with Crippen LogP contribution in [0.5, 0.6) is 0 Å². The maximum absolute atomic E-state index is 12.5. The molecular formula is C19H23F3N2O2. The highest BCUT2D eigenvalue weighted by atomic mass is 19.4. The van der Waals surface area contributed by atoms with Gasteiger partial charge in [0.05, 0.1) is 5.56 Å². The Balaban J connectivity index is 1.71. The molecule has 0 aliphatic carbocycles. The van der Waals surface area contributed by atoms with Crippen LogP contribution in [0.25, 0.3) is 6.08 Å². The fourth-order valence-corrected chi connectivity index (χ4v) is 2.77. The van der Waals surface area contributed by atoms with Gasteiger partial charge in [-0.25, -0.2) is 0 Å². The van der Waals surface area contributed by atoms with Gasteiger partial charge in [-0.2, -0.15) is 13.2 Å². The topological polar surface area (TPSA) is 49.4 Å². The number of likely N-dealkylation sites (tertiary alicyclic amines) is 1. The Hall–Kier alpha value is -2.31. The molecule has 0 atom stereocenters. The number of nitrogens with one attached hydrogen (secondary N) is 1. The maximum Gasteiger partial charge on any atom is 0.416 e. The second kappa shape index (κ2) is 9.40. The number of alkyl halides is 3. The van der Waals surface area contributed by atoms with Gasteiger partial charge in [0, 0.05) is 32.1 Å². The number of nitrogens with zero attached hydrogens (tertiary/aromatic N) is 1. The first-order valence-electron chi connectivity index (χ1n) is 8.77. The lowest BCUT2D eigenvalue weighted by molar-refractivity contribution is -0.137. The second-order valence-electron chi connectivity index (χ2n) is 6.29. The molecule has 1 N–H and O–H groups in total. The molecule has 0 bridgehead atoms. The highest BCUT2D eigenvalue weighted by Gasteiger charge is 2.29. The lowest BCUT2D eigenvalue weighted by Crippen LogP contribution is -2.33. The van der Waals surface area contributed by atoms with E-state index in [1.807, 2.05) is 4.90 Å². The molecule has 1 aliphatic heterocycles. The predicted octanol–water partition coefficient (Wildman–Crippen LogP) is 3.63. The van der Waals surface area contributed by atoms with Crippen molar-refractivity contribution >= 4 is 17.9 Å². The number of halogens is 3. The average Bonchev–Trinajstić information content (AvgIpc) is 2.81. The lowest BCUT2D eigenvalue weighted by atomic mass is 10.1. The Bertz CT molecular complexity index is 639. The first-order chi connectivity index (χ1) is 12.4. The third kappa shape index (κ3) is 6.54. The molecule has 142 valence electrons. The van der Waals surface area contributed by atoms with Crippen LogP contribution in [0, 0.1) is 0 Å². The molecule has 1 aromatic rings. The van der Waals surface area contributed by atoms with E-state index in [2.05, 4.69) is 5.32 Å². The van der Waals surface area contributed by atoms with Crippen LogP contribution in [0.2, 0.25) is 0 Å². The van der Waals surface area contributed by atoms with E-state index in [9.17, 15) is 22.8 Å². The van der Waals surface area contributed by atoms with E-state index in [4.69, 9.17) is 0 Å². The highest BCUT2D eigenvalue weighted by Crippen LogP contribution is 2.29. The number of hydrogen-bond acceptors (Lipinski definition) is 2. The molecule has 2 rings (SSSR count). The van der Waals surface area contributed by atoms with Gasteiger partial charge in [-0.1, -0.05) is 18.6 Å². The molecular weight excluding hydrogens is 345 g/mol. The third-order valence-corrected chi connectivity index (χ3v) is 4.24. The summed E-state index contributed by atoms with van der Waals surface area (Å²) in [5.74, 6) is -0.136. The zero-order valence-corrected chi connectivity index (χ0v) is 14.5. The van der Waals surface area contributed by atoms with Crippen LogP contribution < -0.4 is 5.32 Å². The molecule has 2 amide bonds. The van der Waals surface area contributed by atoms with Crippen molar-refractivity contribution in [2.45, 2.75) is 38.3 Å². The molecule has 1 fully saturated rings. The third-order valence-electron chi connectivity index (χ3n) is 4.24. The van der Waals surface area contributed by atoms with Crippen molar-refractivity contribution in [3.05, 3.63) is 41.5 Å². The van der Waals surface area contributed by atoms with Crippen molar-refractivity contribution in [2.75, 3.05) is 19.6 Å². The molecule has 26 heavy (non-hydrogen) atoms. The van der Waals surface area contributed by atoms with E-state index in [1.54, 1.807) is 0 Å². The van der Waals surface area contributed by atoms with Gasteiger partial charge in [0.25, 0.3) is 0 Å². The fourth-order valence-electron chi connectivity index (χ4n) is 2.77. The summed E-state index contributed by atoms with van der Waals surface area (Å²) in [5, 5.41) is 2.71. The number of hydrogen-bond donors (Lipinski definition) is 1. The van der Waals surface area contributed by atoms with E-state index >= 15 is 0 Å². The van der Waals surface area contributed by atoms with Gasteiger partial charge in [0.15, 0.2) is 0 Å². The molecule has 1 saturated heterocycles. The smallest absolute Gasteiger partial charge is 0.352 e. The number of carbonyl (C=O) groups is 2. The monoisotopic (exact) mass is 368 g/mol. The Morgan fingerprint density at radius 1 is 1.15 bits per heavy atom. The van der Waals surface area contributed by atoms with Crippen molar-refractivity contribution in [2.24, 2.45) is 0 Å². The van der Waals surface area contributed by atoms with Crippen molar-refractivity contribution in [3.63, 3.8) is 0 Å². The predicted molar refractivity (Wildman–Crippen MR) is 93.2 cm³/mol. The molecule has 0 unspecified atom stereocenters. The van der Waals surface area contributed by atoms with Gasteiger partial charge in [-0.3, -0.25) is 9.59 Å². The minimum absolute atomic E-state index is 0.177. The minimum Gasteiger partial charge on any atom is -0.352 e. The normalized spacial score (nSPS) is 16.0. The van der Waals surface area contributed by atoms with Crippen LogP contribution in [0.4, 0.5) is 13.2 Å². The fraction of sp³-hybridized carbons (Fsp3) is 0.474. The number of amides is 2. The Morgan fingerprint density at radius 3 is 2.58 bits per heavy atom. The summed E-state index contributed by atoms with van der Waals surface area (Å²) < 4.78 is 37.4. The molecule has 1 aromatic carbocycles. The minimum atomic E-state index is -4.37. The summed E-state index contributed by atoms with van der Waals surface area (Å²) in [6.45, 7) is 1.85. The SMILES string of the molecule is O=C(/C=C/c1ccc(C(F)(F)F)cc1)NCCCN1CCCCCC1=O. The number of rotatable bonds is 6. The summed E-state index contributed by atoms with van der Waals surface area (Å²) in [5.41, 5.74) is -0.203. The van der Waals surface area contributed by atoms with Crippen LogP contribution >= 0.6 is 0 Å². The van der Waals surface area contributed by atoms with Crippen LogP contribution in [-0.4, -0.2) is 36.3 Å². The standard InChI is InChI=1S/C19H23F3N2O2/c20-19(21,22)16-9-6-15(7-10-16)8-11-17(25)23-12-4-14-24-13-3-1-2-5-18(24)26/h6-11H,1-5,12-14H2,(H,23,25)/b11-8+. The van der Waals surface area contributed by atoms with Gasteiger partial charge in [-0.05, 0) is 43.0 Å².